The Kier molecular flexibility index (Phi) is 3.98. The van der Waals surface area contributed by atoms with Crippen LogP contribution in [-0.2, 0) is 11.3 Å². The fourth-order valence-electron chi connectivity index (χ4n) is 1.94. The van der Waals surface area contributed by atoms with Gasteiger partial charge in [0.05, 0.1) is 13.2 Å². The Morgan fingerprint density at radius 3 is 3.22 bits per heavy atom. The predicted octanol–water partition coefficient (Wildman–Crippen LogP) is -0.293. The molecule has 1 unspecified atom stereocenters. The second-order valence-corrected chi connectivity index (χ2v) is 4.15. The summed E-state index contributed by atoms with van der Waals surface area (Å²) in [6.07, 6.45) is 0.660. The first-order valence-corrected chi connectivity index (χ1v) is 6.01. The molecule has 0 aliphatic carbocycles. The number of nitrogens with one attached hydrogen (secondary N) is 2. The van der Waals surface area contributed by atoms with Gasteiger partial charge in [-0.3, -0.25) is 5.10 Å². The third-order valence-electron chi connectivity index (χ3n) is 2.82. The Bertz CT molecular complexity index is 407. The summed E-state index contributed by atoms with van der Waals surface area (Å²) in [6.45, 7) is 4.14. The van der Waals surface area contributed by atoms with Crippen LogP contribution in [0.15, 0.2) is 0 Å². The summed E-state index contributed by atoms with van der Waals surface area (Å²) < 4.78 is 4.95. The fraction of sp³-hybridized carbons (Fsp3) is 0.700. The molecule has 1 aliphatic heterocycles. The maximum Gasteiger partial charge on any atom is 0.409 e. The summed E-state index contributed by atoms with van der Waals surface area (Å²) in [7, 11) is 0. The lowest BCUT2D eigenvalue weighted by Crippen LogP contribution is -2.35. The zero-order valence-electron chi connectivity index (χ0n) is 10.3. The SMILES string of the molecule is CCOC(=O)N1CCC(NCc2nc(N)n[nH]2)C1. The Morgan fingerprint density at radius 1 is 1.72 bits per heavy atom. The van der Waals surface area contributed by atoms with Crippen LogP contribution in [0, 0.1) is 0 Å². The first-order chi connectivity index (χ1) is 8.69. The number of H-pyrrole nitrogens is 1. The van der Waals surface area contributed by atoms with E-state index in [1.54, 1.807) is 11.8 Å². The monoisotopic (exact) mass is 254 g/mol. The molecule has 1 atom stereocenters. The molecule has 0 radical (unpaired) electrons. The normalized spacial score (nSPS) is 19.2. The van der Waals surface area contributed by atoms with Crippen LogP contribution in [0.2, 0.25) is 0 Å². The summed E-state index contributed by atoms with van der Waals surface area (Å²) in [4.78, 5) is 17.2. The standard InChI is InChI=1S/C10H18N6O2/c1-2-18-10(17)16-4-3-7(6-16)12-5-8-13-9(11)15-14-8/h7,12H,2-6H2,1H3,(H3,11,13,14,15). The van der Waals surface area contributed by atoms with Gasteiger partial charge >= 0.3 is 6.09 Å². The molecule has 100 valence electrons. The number of aromatic nitrogens is 3. The van der Waals surface area contributed by atoms with Gasteiger partial charge in [0.2, 0.25) is 5.95 Å². The molecule has 1 aromatic rings. The highest BCUT2D eigenvalue weighted by Gasteiger charge is 2.26. The molecule has 0 aromatic carbocycles. The number of hydrogen-bond donors (Lipinski definition) is 3. The van der Waals surface area contributed by atoms with Crippen LogP contribution in [-0.4, -0.2) is 51.9 Å². The molecule has 4 N–H and O–H groups in total. The van der Waals surface area contributed by atoms with Crippen molar-refractivity contribution in [1.29, 1.82) is 0 Å². The van der Waals surface area contributed by atoms with Gasteiger partial charge in [0.15, 0.2) is 0 Å². The summed E-state index contributed by atoms with van der Waals surface area (Å²) in [5.41, 5.74) is 5.41. The number of anilines is 1. The average Bonchev–Trinajstić information content (AvgIpc) is 2.95. The van der Waals surface area contributed by atoms with E-state index >= 15 is 0 Å². The molecule has 8 nitrogen and oxygen atoms in total. The minimum Gasteiger partial charge on any atom is -0.450 e. The molecule has 1 aromatic heterocycles. The average molecular weight is 254 g/mol. The molecule has 8 heteroatoms. The first kappa shape index (κ1) is 12.6. The molecule has 1 fully saturated rings. The highest BCUT2D eigenvalue weighted by atomic mass is 16.6. The lowest BCUT2D eigenvalue weighted by atomic mass is 10.2. The van der Waals surface area contributed by atoms with Crippen LogP contribution >= 0.6 is 0 Å². The van der Waals surface area contributed by atoms with Crippen molar-refractivity contribution in [3.63, 3.8) is 0 Å². The highest BCUT2D eigenvalue weighted by Crippen LogP contribution is 2.11. The third-order valence-corrected chi connectivity index (χ3v) is 2.82. The van der Waals surface area contributed by atoms with E-state index in [-0.39, 0.29) is 18.1 Å². The largest absolute Gasteiger partial charge is 0.450 e. The van der Waals surface area contributed by atoms with E-state index in [9.17, 15) is 4.79 Å². The molecule has 1 amide bonds. The van der Waals surface area contributed by atoms with Crippen molar-refractivity contribution < 1.29 is 9.53 Å². The van der Waals surface area contributed by atoms with Crippen LogP contribution in [0.5, 0.6) is 0 Å². The van der Waals surface area contributed by atoms with Crippen molar-refractivity contribution in [2.24, 2.45) is 0 Å². The maximum absolute atomic E-state index is 11.5. The molecule has 0 spiro atoms. The number of nitrogen functional groups attached to an aromatic ring is 1. The van der Waals surface area contributed by atoms with Crippen molar-refractivity contribution in [3.8, 4) is 0 Å². The number of aromatic amines is 1. The zero-order valence-corrected chi connectivity index (χ0v) is 10.3. The number of nitrogens with zero attached hydrogens (tertiary/aromatic N) is 3. The van der Waals surface area contributed by atoms with Crippen LogP contribution in [0.3, 0.4) is 0 Å². The van der Waals surface area contributed by atoms with Crippen molar-refractivity contribution in [2.45, 2.75) is 25.9 Å². The highest BCUT2D eigenvalue weighted by molar-refractivity contribution is 5.68. The molecule has 2 heterocycles. The van der Waals surface area contributed by atoms with E-state index in [0.717, 1.165) is 13.0 Å². The second-order valence-electron chi connectivity index (χ2n) is 4.15. The lowest BCUT2D eigenvalue weighted by Gasteiger charge is -2.15. The van der Waals surface area contributed by atoms with Crippen molar-refractivity contribution in [2.75, 3.05) is 25.4 Å². The lowest BCUT2D eigenvalue weighted by molar-refractivity contribution is 0.115. The van der Waals surface area contributed by atoms with E-state index < -0.39 is 0 Å². The van der Waals surface area contributed by atoms with Crippen LogP contribution in [0.25, 0.3) is 0 Å². The van der Waals surface area contributed by atoms with Crippen LogP contribution in [0.1, 0.15) is 19.2 Å². The van der Waals surface area contributed by atoms with E-state index in [1.165, 1.54) is 0 Å². The van der Waals surface area contributed by atoms with E-state index in [1.807, 2.05) is 0 Å². The Labute approximate surface area is 105 Å². The van der Waals surface area contributed by atoms with Crippen molar-refractivity contribution >= 4 is 12.0 Å². The molecule has 0 bridgehead atoms. The summed E-state index contributed by atoms with van der Waals surface area (Å²) >= 11 is 0. The number of hydrogen-bond acceptors (Lipinski definition) is 6. The minimum absolute atomic E-state index is 0.242. The predicted molar refractivity (Wildman–Crippen MR) is 64.6 cm³/mol. The van der Waals surface area contributed by atoms with Gasteiger partial charge in [-0.25, -0.2) is 4.79 Å². The summed E-state index contributed by atoms with van der Waals surface area (Å²) in [5.74, 6) is 0.938. The second kappa shape index (κ2) is 5.67. The molecular formula is C10H18N6O2. The topological polar surface area (TPSA) is 109 Å². The third kappa shape index (κ3) is 3.10. The van der Waals surface area contributed by atoms with Gasteiger partial charge in [-0.05, 0) is 13.3 Å². The van der Waals surface area contributed by atoms with Gasteiger partial charge < -0.3 is 20.7 Å². The van der Waals surface area contributed by atoms with Gasteiger partial charge in [0.1, 0.15) is 5.82 Å². The quantitative estimate of drug-likeness (QED) is 0.681. The van der Waals surface area contributed by atoms with Gasteiger partial charge in [-0.2, -0.15) is 4.98 Å². The molecular weight excluding hydrogens is 236 g/mol. The summed E-state index contributed by atoms with van der Waals surface area (Å²) in [5, 5.41) is 9.78. The number of carbonyl (C=O) groups is 1. The zero-order chi connectivity index (χ0) is 13.0. The van der Waals surface area contributed by atoms with Crippen molar-refractivity contribution in [1.82, 2.24) is 25.4 Å². The van der Waals surface area contributed by atoms with E-state index in [2.05, 4.69) is 20.5 Å². The summed E-state index contributed by atoms with van der Waals surface area (Å²) in [6, 6.07) is 0.251. The maximum atomic E-state index is 11.5. The molecule has 1 aliphatic rings. The number of rotatable bonds is 4. The molecule has 2 rings (SSSR count). The van der Waals surface area contributed by atoms with Crippen LogP contribution < -0.4 is 11.1 Å². The van der Waals surface area contributed by atoms with Crippen LogP contribution in [0.4, 0.5) is 10.7 Å². The Balaban J connectivity index is 1.74. The number of nitrogens with two attached hydrogens (primary N) is 1. The van der Waals surface area contributed by atoms with E-state index in [4.69, 9.17) is 10.5 Å². The van der Waals surface area contributed by atoms with Crippen molar-refractivity contribution in [3.05, 3.63) is 5.82 Å². The Hall–Kier alpha value is -1.83. The molecule has 18 heavy (non-hydrogen) atoms. The van der Waals surface area contributed by atoms with Gasteiger partial charge in [0.25, 0.3) is 0 Å². The van der Waals surface area contributed by atoms with E-state index in [0.29, 0.717) is 25.5 Å². The molecule has 0 saturated carbocycles. The molecule has 1 saturated heterocycles. The minimum atomic E-state index is -0.245. The smallest absolute Gasteiger partial charge is 0.409 e. The van der Waals surface area contributed by atoms with Gasteiger partial charge in [-0.15, -0.1) is 5.10 Å². The number of amides is 1. The first-order valence-electron chi connectivity index (χ1n) is 6.01. The Morgan fingerprint density at radius 2 is 2.56 bits per heavy atom. The number of ether oxygens (including phenoxy) is 1. The number of carbonyl (C=O) groups excluding carboxylic acids is 1. The number of likely N-dealkylation sites (tertiary alicyclic amines) is 1. The fourth-order valence-corrected chi connectivity index (χ4v) is 1.94. The van der Waals surface area contributed by atoms with Gasteiger partial charge in [-0.1, -0.05) is 0 Å². The van der Waals surface area contributed by atoms with Gasteiger partial charge in [0, 0.05) is 19.1 Å².